The first kappa shape index (κ1) is 10.4. The zero-order valence-electron chi connectivity index (χ0n) is 8.87. The van der Waals surface area contributed by atoms with Gasteiger partial charge in [0.1, 0.15) is 5.82 Å². The molecule has 0 N–H and O–H groups in total. The predicted molar refractivity (Wildman–Crippen MR) is 65.7 cm³/mol. The summed E-state index contributed by atoms with van der Waals surface area (Å²) in [5, 5.41) is 0.905. The molecule has 0 saturated heterocycles. The largest absolute Gasteiger partial charge is 0.304 e. The highest BCUT2D eigenvalue weighted by molar-refractivity contribution is 9.08. The fourth-order valence-corrected chi connectivity index (χ4v) is 2.26. The molecule has 78 valence electrons. The molecule has 2 rings (SSSR count). The number of rotatable bonds is 2. The molecule has 1 heterocycles. The summed E-state index contributed by atoms with van der Waals surface area (Å²) in [7, 11) is 0. The third-order valence-corrected chi connectivity index (χ3v) is 3.18. The summed E-state index contributed by atoms with van der Waals surface area (Å²) in [6.45, 7) is 4.14. The van der Waals surface area contributed by atoms with Crippen molar-refractivity contribution < 1.29 is 0 Å². The number of imidazole rings is 1. The average Bonchev–Trinajstić information content (AvgIpc) is 2.64. The van der Waals surface area contributed by atoms with Gasteiger partial charge in [0.25, 0.3) is 0 Å². The summed E-state index contributed by atoms with van der Waals surface area (Å²) in [6, 6.07) is 6.46. The van der Waals surface area contributed by atoms with E-state index in [1.165, 1.54) is 16.8 Å². The minimum atomic E-state index is 0.905. The smallest absolute Gasteiger partial charge is 0.110 e. The Morgan fingerprint density at radius 2 is 2.13 bits per heavy atom. The van der Waals surface area contributed by atoms with Gasteiger partial charge in [0.05, 0.1) is 0 Å². The zero-order chi connectivity index (χ0) is 10.8. The molecule has 0 aliphatic rings. The van der Waals surface area contributed by atoms with Crippen LogP contribution in [0.25, 0.3) is 5.69 Å². The van der Waals surface area contributed by atoms with E-state index in [1.807, 2.05) is 19.3 Å². The van der Waals surface area contributed by atoms with Gasteiger partial charge < -0.3 is 4.57 Å². The summed E-state index contributed by atoms with van der Waals surface area (Å²) in [6.07, 6.45) is 3.81. The van der Waals surface area contributed by atoms with Gasteiger partial charge in [0, 0.05) is 23.4 Å². The molecule has 0 radical (unpaired) electrons. The van der Waals surface area contributed by atoms with E-state index in [9.17, 15) is 0 Å². The van der Waals surface area contributed by atoms with Crippen LogP contribution in [0.15, 0.2) is 30.6 Å². The van der Waals surface area contributed by atoms with Crippen LogP contribution in [-0.2, 0) is 5.33 Å². The first-order valence-corrected chi connectivity index (χ1v) is 6.00. The first-order chi connectivity index (χ1) is 7.22. The van der Waals surface area contributed by atoms with E-state index >= 15 is 0 Å². The maximum absolute atomic E-state index is 4.22. The Morgan fingerprint density at radius 3 is 2.67 bits per heavy atom. The molecule has 0 aliphatic carbocycles. The molecule has 0 bridgehead atoms. The number of nitrogens with zero attached hydrogens (tertiary/aromatic N) is 2. The van der Waals surface area contributed by atoms with Crippen molar-refractivity contribution in [1.29, 1.82) is 0 Å². The van der Waals surface area contributed by atoms with Crippen LogP contribution in [0.1, 0.15) is 17.0 Å². The SMILES string of the molecule is Cc1cc(-n2ccnc2C)ccc1CBr. The molecule has 2 nitrogen and oxygen atoms in total. The fraction of sp³-hybridized carbons (Fsp3) is 0.250. The Bertz CT molecular complexity index is 474. The molecule has 0 saturated carbocycles. The monoisotopic (exact) mass is 264 g/mol. The number of aromatic nitrogens is 2. The Morgan fingerprint density at radius 1 is 1.33 bits per heavy atom. The average molecular weight is 265 g/mol. The van der Waals surface area contributed by atoms with Gasteiger partial charge in [-0.25, -0.2) is 4.98 Å². The molecule has 15 heavy (non-hydrogen) atoms. The molecule has 0 fully saturated rings. The van der Waals surface area contributed by atoms with Crippen LogP contribution in [-0.4, -0.2) is 9.55 Å². The van der Waals surface area contributed by atoms with Gasteiger partial charge >= 0.3 is 0 Å². The van der Waals surface area contributed by atoms with Gasteiger partial charge in [-0.15, -0.1) is 0 Å². The lowest BCUT2D eigenvalue weighted by molar-refractivity contribution is 0.971. The van der Waals surface area contributed by atoms with E-state index in [0.717, 1.165) is 11.2 Å². The maximum atomic E-state index is 4.22. The van der Waals surface area contributed by atoms with Crippen LogP contribution >= 0.6 is 15.9 Å². The number of benzene rings is 1. The van der Waals surface area contributed by atoms with Gasteiger partial charge in [-0.2, -0.15) is 0 Å². The molecule has 1 aromatic heterocycles. The highest BCUT2D eigenvalue weighted by Gasteiger charge is 2.02. The van der Waals surface area contributed by atoms with Gasteiger partial charge in [-0.3, -0.25) is 0 Å². The predicted octanol–water partition coefficient (Wildman–Crippen LogP) is 3.38. The van der Waals surface area contributed by atoms with Crippen molar-refractivity contribution in [1.82, 2.24) is 9.55 Å². The van der Waals surface area contributed by atoms with Crippen LogP contribution in [0, 0.1) is 13.8 Å². The third kappa shape index (κ3) is 1.97. The van der Waals surface area contributed by atoms with E-state index in [0.29, 0.717) is 0 Å². The number of alkyl halides is 1. The fourth-order valence-electron chi connectivity index (χ4n) is 1.63. The molecule has 3 heteroatoms. The molecule has 0 spiro atoms. The quantitative estimate of drug-likeness (QED) is 0.761. The molecular weight excluding hydrogens is 252 g/mol. The Kier molecular flexibility index (Phi) is 2.91. The highest BCUT2D eigenvalue weighted by Crippen LogP contribution is 2.17. The summed E-state index contributed by atoms with van der Waals surface area (Å²) >= 11 is 3.48. The van der Waals surface area contributed by atoms with Crippen molar-refractivity contribution in [3.05, 3.63) is 47.5 Å². The van der Waals surface area contributed by atoms with Crippen LogP contribution < -0.4 is 0 Å². The van der Waals surface area contributed by atoms with Crippen molar-refractivity contribution in [2.75, 3.05) is 0 Å². The van der Waals surface area contributed by atoms with E-state index in [2.05, 4.69) is 50.6 Å². The summed E-state index contributed by atoms with van der Waals surface area (Å²) in [4.78, 5) is 4.22. The van der Waals surface area contributed by atoms with E-state index in [1.54, 1.807) is 0 Å². The highest BCUT2D eigenvalue weighted by atomic mass is 79.9. The lowest BCUT2D eigenvalue weighted by Gasteiger charge is -2.08. The molecule has 0 amide bonds. The normalized spacial score (nSPS) is 10.6. The topological polar surface area (TPSA) is 17.8 Å². The maximum Gasteiger partial charge on any atom is 0.110 e. The number of hydrogen-bond donors (Lipinski definition) is 0. The Hall–Kier alpha value is -1.09. The molecule has 2 aromatic rings. The molecule has 0 atom stereocenters. The van der Waals surface area contributed by atoms with E-state index in [4.69, 9.17) is 0 Å². The van der Waals surface area contributed by atoms with Crippen molar-refractivity contribution in [3.8, 4) is 5.69 Å². The van der Waals surface area contributed by atoms with Gasteiger partial charge in [-0.05, 0) is 37.1 Å². The summed E-state index contributed by atoms with van der Waals surface area (Å²) in [5.41, 5.74) is 3.81. The first-order valence-electron chi connectivity index (χ1n) is 4.88. The second-order valence-corrected chi connectivity index (χ2v) is 4.15. The number of aryl methyl sites for hydroxylation is 2. The van der Waals surface area contributed by atoms with Gasteiger partial charge in [0.2, 0.25) is 0 Å². The second-order valence-electron chi connectivity index (χ2n) is 3.59. The lowest BCUT2D eigenvalue weighted by atomic mass is 10.1. The van der Waals surface area contributed by atoms with Crippen LogP contribution in [0.4, 0.5) is 0 Å². The van der Waals surface area contributed by atoms with Crippen LogP contribution in [0.2, 0.25) is 0 Å². The summed E-state index contributed by atoms with van der Waals surface area (Å²) < 4.78 is 2.09. The zero-order valence-corrected chi connectivity index (χ0v) is 10.5. The van der Waals surface area contributed by atoms with E-state index in [-0.39, 0.29) is 0 Å². The minimum Gasteiger partial charge on any atom is -0.304 e. The lowest BCUT2D eigenvalue weighted by Crippen LogP contribution is -1.97. The van der Waals surface area contributed by atoms with Gasteiger partial charge in [-0.1, -0.05) is 22.0 Å². The standard InChI is InChI=1S/C12H13BrN2/c1-9-7-12(4-3-11(9)8-13)15-6-5-14-10(15)2/h3-7H,8H2,1-2H3. The van der Waals surface area contributed by atoms with Crippen molar-refractivity contribution in [2.24, 2.45) is 0 Å². The molecule has 1 aromatic carbocycles. The molecular formula is C12H13BrN2. The number of hydrogen-bond acceptors (Lipinski definition) is 1. The molecule has 0 unspecified atom stereocenters. The third-order valence-electron chi connectivity index (χ3n) is 2.57. The van der Waals surface area contributed by atoms with Crippen LogP contribution in [0.5, 0.6) is 0 Å². The van der Waals surface area contributed by atoms with Crippen molar-refractivity contribution in [2.45, 2.75) is 19.2 Å². The minimum absolute atomic E-state index is 0.905. The summed E-state index contributed by atoms with van der Waals surface area (Å²) in [5.74, 6) is 1.01. The van der Waals surface area contributed by atoms with Gasteiger partial charge in [0.15, 0.2) is 0 Å². The van der Waals surface area contributed by atoms with Crippen molar-refractivity contribution >= 4 is 15.9 Å². The second kappa shape index (κ2) is 4.19. The van der Waals surface area contributed by atoms with E-state index < -0.39 is 0 Å². The number of halogens is 1. The Balaban J connectivity index is 2.47. The van der Waals surface area contributed by atoms with Crippen LogP contribution in [0.3, 0.4) is 0 Å². The van der Waals surface area contributed by atoms with Crippen molar-refractivity contribution in [3.63, 3.8) is 0 Å². The molecule has 0 aliphatic heterocycles. The Labute approximate surface area is 98.1 Å².